The molecule has 0 aliphatic carbocycles. The third-order valence-corrected chi connectivity index (χ3v) is 11.0. The van der Waals surface area contributed by atoms with Crippen LogP contribution in [0.5, 0.6) is 0 Å². The van der Waals surface area contributed by atoms with Gasteiger partial charge in [0.2, 0.25) is 0 Å². The normalized spacial score (nSPS) is 11.6. The summed E-state index contributed by atoms with van der Waals surface area (Å²) in [4.78, 5) is 0. The maximum atomic E-state index is 7.39. The smallest absolute Gasteiger partial charge is 0.144 e. The monoisotopic (exact) mass is 714 g/mol. The van der Waals surface area contributed by atoms with Crippen molar-refractivity contribution in [2.75, 3.05) is 0 Å². The summed E-state index contributed by atoms with van der Waals surface area (Å²) in [7, 11) is 0. The fourth-order valence-electron chi connectivity index (χ4n) is 8.49. The lowest BCUT2D eigenvalue weighted by molar-refractivity contribution is 0.666. The van der Waals surface area contributed by atoms with Crippen LogP contribution in [-0.2, 0) is 0 Å². The number of furan rings is 2. The van der Waals surface area contributed by atoms with Gasteiger partial charge in [0.15, 0.2) is 0 Å². The van der Waals surface area contributed by atoms with E-state index >= 15 is 0 Å². The van der Waals surface area contributed by atoms with Gasteiger partial charge in [-0.15, -0.1) is 0 Å². The zero-order chi connectivity index (χ0) is 37.0. The van der Waals surface area contributed by atoms with Gasteiger partial charge >= 0.3 is 0 Å². The Bertz CT molecular complexity index is 2960. The predicted octanol–water partition coefficient (Wildman–Crippen LogP) is 15.5. The van der Waals surface area contributed by atoms with E-state index in [-0.39, 0.29) is 0 Å². The predicted molar refractivity (Wildman–Crippen MR) is 234 cm³/mol. The third-order valence-electron chi connectivity index (χ3n) is 11.0. The average Bonchev–Trinajstić information content (AvgIpc) is 3.85. The van der Waals surface area contributed by atoms with Crippen LogP contribution in [0.3, 0.4) is 0 Å². The molecule has 9 aromatic carbocycles. The van der Waals surface area contributed by atoms with Crippen molar-refractivity contribution in [2.45, 2.75) is 0 Å². The molecule has 0 saturated carbocycles. The summed E-state index contributed by atoms with van der Waals surface area (Å²) in [5, 5.41) is 4.17. The van der Waals surface area contributed by atoms with E-state index in [1.807, 2.05) is 0 Å². The molecule has 0 saturated heterocycles. The Balaban J connectivity index is 1.39. The summed E-state index contributed by atoms with van der Waals surface area (Å²) in [5.41, 5.74) is 16.4. The number of hydrogen-bond acceptors (Lipinski definition) is 2. The van der Waals surface area contributed by atoms with Crippen molar-refractivity contribution in [3.05, 3.63) is 206 Å². The van der Waals surface area contributed by atoms with Gasteiger partial charge in [0.1, 0.15) is 22.3 Å². The van der Waals surface area contributed by atoms with Crippen LogP contribution in [0.4, 0.5) is 0 Å². The molecule has 2 aromatic heterocycles. The van der Waals surface area contributed by atoms with Gasteiger partial charge in [-0.05, 0) is 68.8 Å². The van der Waals surface area contributed by atoms with Crippen molar-refractivity contribution in [1.29, 1.82) is 0 Å². The Morgan fingerprint density at radius 1 is 0.232 bits per heavy atom. The zero-order valence-corrected chi connectivity index (χ0v) is 30.4. The SMILES string of the molecule is c1ccc(-c2cc(-c3ccccc3)c3oc4c(-c5ccccc5)c5c(oc6c(-c7ccccc7)cc(-c7ccccc7)cc65)c(-c5ccccc5)c4c3c2)cc1. The molecule has 262 valence electrons. The van der Waals surface area contributed by atoms with Gasteiger partial charge in [0.05, 0.1) is 0 Å². The molecule has 0 fully saturated rings. The van der Waals surface area contributed by atoms with Gasteiger partial charge in [-0.1, -0.05) is 182 Å². The first kappa shape index (κ1) is 32.0. The Morgan fingerprint density at radius 2 is 0.518 bits per heavy atom. The van der Waals surface area contributed by atoms with Crippen LogP contribution in [-0.4, -0.2) is 0 Å². The lowest BCUT2D eigenvalue weighted by Gasteiger charge is -2.12. The van der Waals surface area contributed by atoms with Gasteiger partial charge in [0.25, 0.3) is 0 Å². The summed E-state index contributed by atoms with van der Waals surface area (Å²) in [6.07, 6.45) is 0. The molecule has 2 heterocycles. The van der Waals surface area contributed by atoms with Crippen molar-refractivity contribution >= 4 is 43.9 Å². The lowest BCUT2D eigenvalue weighted by Crippen LogP contribution is -1.88. The van der Waals surface area contributed by atoms with Crippen LogP contribution in [0.15, 0.2) is 215 Å². The Labute approximate surface area is 324 Å². The van der Waals surface area contributed by atoms with Crippen molar-refractivity contribution in [3.8, 4) is 66.8 Å². The maximum absolute atomic E-state index is 7.39. The lowest BCUT2D eigenvalue weighted by atomic mass is 9.88. The van der Waals surface area contributed by atoms with Crippen molar-refractivity contribution in [2.24, 2.45) is 0 Å². The third kappa shape index (κ3) is 5.19. The van der Waals surface area contributed by atoms with E-state index in [1.54, 1.807) is 0 Å². The minimum atomic E-state index is 0.842. The Morgan fingerprint density at radius 3 is 0.839 bits per heavy atom. The largest absolute Gasteiger partial charge is 0.455 e. The second kappa shape index (κ2) is 13.2. The number of fused-ring (bicyclic) bond motifs is 6. The van der Waals surface area contributed by atoms with E-state index in [0.29, 0.717) is 0 Å². The van der Waals surface area contributed by atoms with E-state index in [0.717, 1.165) is 111 Å². The van der Waals surface area contributed by atoms with Gasteiger partial charge in [-0.25, -0.2) is 0 Å². The Hall–Kier alpha value is -7.42. The van der Waals surface area contributed by atoms with Crippen molar-refractivity contribution in [1.82, 2.24) is 0 Å². The summed E-state index contributed by atoms with van der Waals surface area (Å²) in [6.45, 7) is 0. The van der Waals surface area contributed by atoms with Crippen LogP contribution < -0.4 is 0 Å². The molecular weight excluding hydrogens is 681 g/mol. The summed E-state index contributed by atoms with van der Waals surface area (Å²) in [6, 6.07) is 72.9. The molecule has 0 aliphatic rings. The fraction of sp³-hybridized carbons (Fsp3) is 0. The zero-order valence-electron chi connectivity index (χ0n) is 30.4. The van der Waals surface area contributed by atoms with Gasteiger partial charge in [-0.2, -0.15) is 0 Å². The van der Waals surface area contributed by atoms with E-state index < -0.39 is 0 Å². The van der Waals surface area contributed by atoms with E-state index in [4.69, 9.17) is 8.83 Å². The molecular formula is C54H34O2. The minimum absolute atomic E-state index is 0.842. The molecule has 0 radical (unpaired) electrons. The summed E-state index contributed by atoms with van der Waals surface area (Å²) < 4.78 is 14.8. The molecule has 0 aliphatic heterocycles. The first-order chi connectivity index (χ1) is 27.8. The molecule has 0 unspecified atom stereocenters. The molecule has 0 atom stereocenters. The average molecular weight is 715 g/mol. The minimum Gasteiger partial charge on any atom is -0.455 e. The maximum Gasteiger partial charge on any atom is 0.144 e. The highest BCUT2D eigenvalue weighted by Gasteiger charge is 2.29. The molecule has 56 heavy (non-hydrogen) atoms. The topological polar surface area (TPSA) is 26.3 Å². The summed E-state index contributed by atoms with van der Waals surface area (Å²) in [5.74, 6) is 0. The standard InChI is InChI=1S/C54H34O2/c1-7-19-35(20-8-1)41-31-43(37-23-11-3-12-24-37)51-45(33-41)49-47(39-27-15-5-16-28-39)54-50(48(53(49)55-51)40-29-17-6-18-30-40)46-34-42(36-21-9-2-10-22-36)32-44(52(46)56-54)38-25-13-4-14-26-38/h1-34H. The van der Waals surface area contributed by atoms with Crippen LogP contribution in [0.25, 0.3) is 111 Å². The highest BCUT2D eigenvalue weighted by molar-refractivity contribution is 6.32. The first-order valence-corrected chi connectivity index (χ1v) is 19.1. The molecule has 11 rings (SSSR count). The Kier molecular flexibility index (Phi) is 7.53. The van der Waals surface area contributed by atoms with Crippen LogP contribution >= 0.6 is 0 Å². The number of hydrogen-bond donors (Lipinski definition) is 0. The second-order valence-electron chi connectivity index (χ2n) is 14.4. The van der Waals surface area contributed by atoms with Crippen molar-refractivity contribution in [3.63, 3.8) is 0 Å². The van der Waals surface area contributed by atoms with Gasteiger partial charge in [-0.3, -0.25) is 0 Å². The summed E-state index contributed by atoms with van der Waals surface area (Å²) >= 11 is 0. The van der Waals surface area contributed by atoms with Gasteiger partial charge < -0.3 is 8.83 Å². The van der Waals surface area contributed by atoms with Crippen LogP contribution in [0, 0.1) is 0 Å². The molecule has 2 heteroatoms. The molecule has 11 aromatic rings. The van der Waals surface area contributed by atoms with E-state index in [9.17, 15) is 0 Å². The molecule has 0 N–H and O–H groups in total. The van der Waals surface area contributed by atoms with E-state index in [1.165, 1.54) is 0 Å². The quantitative estimate of drug-likeness (QED) is 0.171. The molecule has 0 spiro atoms. The molecule has 0 bridgehead atoms. The first-order valence-electron chi connectivity index (χ1n) is 19.1. The van der Waals surface area contributed by atoms with Crippen molar-refractivity contribution < 1.29 is 8.83 Å². The molecule has 2 nitrogen and oxygen atoms in total. The highest BCUT2D eigenvalue weighted by atomic mass is 16.3. The fourth-order valence-corrected chi connectivity index (χ4v) is 8.49. The van der Waals surface area contributed by atoms with E-state index in [2.05, 4.69) is 206 Å². The number of benzene rings is 9. The van der Waals surface area contributed by atoms with Crippen LogP contribution in [0.2, 0.25) is 0 Å². The number of rotatable bonds is 6. The highest BCUT2D eigenvalue weighted by Crippen LogP contribution is 2.53. The molecule has 0 amide bonds. The second-order valence-corrected chi connectivity index (χ2v) is 14.4. The van der Waals surface area contributed by atoms with Gasteiger partial charge in [0, 0.05) is 43.8 Å². The van der Waals surface area contributed by atoms with Crippen LogP contribution in [0.1, 0.15) is 0 Å².